The van der Waals surface area contributed by atoms with E-state index in [2.05, 4.69) is 13.2 Å². The van der Waals surface area contributed by atoms with Crippen LogP contribution in [0.1, 0.15) is 87.2 Å². The molecule has 0 fully saturated rings. The molecule has 2 aromatic rings. The van der Waals surface area contributed by atoms with E-state index in [0.717, 1.165) is 11.1 Å². The monoisotopic (exact) mass is 466 g/mol. The zero-order chi connectivity index (χ0) is 26.4. The number of carbonyl (C=O) groups is 2. The van der Waals surface area contributed by atoms with Gasteiger partial charge >= 0.3 is 11.9 Å². The number of rotatable bonds is 5. The predicted octanol–water partition coefficient (Wildman–Crippen LogP) is 7.68. The predicted molar refractivity (Wildman–Crippen MR) is 143 cm³/mol. The molecule has 0 spiro atoms. The van der Waals surface area contributed by atoms with Gasteiger partial charge in [-0.2, -0.15) is 0 Å². The Bertz CT molecular complexity index is 850. The Balaban J connectivity index is 0.00000164. The lowest BCUT2D eigenvalue weighted by atomic mass is 9.84. The molecule has 0 radical (unpaired) electrons. The minimum absolute atomic E-state index is 0.0146. The van der Waals surface area contributed by atoms with Crippen molar-refractivity contribution in [1.29, 1.82) is 0 Å². The third-order valence-corrected chi connectivity index (χ3v) is 4.46. The molecule has 0 saturated heterocycles. The van der Waals surface area contributed by atoms with E-state index in [1.54, 1.807) is 24.3 Å². The number of hydrogen-bond donors (Lipinski definition) is 0. The van der Waals surface area contributed by atoms with Gasteiger partial charge in [-0.05, 0) is 47.9 Å². The highest BCUT2D eigenvalue weighted by molar-refractivity contribution is 5.92. The van der Waals surface area contributed by atoms with Crippen molar-refractivity contribution < 1.29 is 19.1 Å². The number of carbonyl (C=O) groups excluding carboxylic acids is 2. The number of hydrogen-bond acceptors (Lipinski definition) is 4. The van der Waals surface area contributed by atoms with Crippen molar-refractivity contribution in [3.63, 3.8) is 0 Å². The van der Waals surface area contributed by atoms with Gasteiger partial charge in [0.05, 0.1) is 11.1 Å². The lowest BCUT2D eigenvalue weighted by molar-refractivity contribution is 0.0263. The molecule has 0 unspecified atom stereocenters. The maximum absolute atomic E-state index is 12.4. The van der Waals surface area contributed by atoms with Gasteiger partial charge in [0, 0.05) is 0 Å². The van der Waals surface area contributed by atoms with Crippen molar-refractivity contribution in [3.05, 3.63) is 96.1 Å². The molecular formula is C30H42O4. The highest BCUT2D eigenvalue weighted by Crippen LogP contribution is 2.27. The normalized spacial score (nSPS) is 10.5. The van der Waals surface area contributed by atoms with Crippen LogP contribution in [-0.4, -0.2) is 25.2 Å². The summed E-state index contributed by atoms with van der Waals surface area (Å²) in [4.78, 5) is 24.9. The molecule has 0 heterocycles. The molecule has 0 N–H and O–H groups in total. The summed E-state index contributed by atoms with van der Waals surface area (Å²) in [6.07, 6.45) is 3.50. The Morgan fingerprint density at radius 1 is 0.676 bits per heavy atom. The van der Waals surface area contributed by atoms with Crippen molar-refractivity contribution in [2.75, 3.05) is 13.2 Å². The van der Waals surface area contributed by atoms with Gasteiger partial charge in [0.2, 0.25) is 0 Å². The Morgan fingerprint density at radius 3 is 1.21 bits per heavy atom. The van der Waals surface area contributed by atoms with Gasteiger partial charge in [-0.25, -0.2) is 9.59 Å². The second kappa shape index (κ2) is 14.9. The summed E-state index contributed by atoms with van der Waals surface area (Å²) in [6.45, 7) is 22.8. The fraction of sp³-hybridized carbons (Fsp3) is 0.400. The van der Waals surface area contributed by atoms with E-state index in [0.29, 0.717) is 11.1 Å². The molecule has 34 heavy (non-hydrogen) atoms. The van der Waals surface area contributed by atoms with Gasteiger partial charge in [0.15, 0.2) is 0 Å². The van der Waals surface area contributed by atoms with Gasteiger partial charge in [0.1, 0.15) is 13.2 Å². The van der Waals surface area contributed by atoms with Crippen molar-refractivity contribution in [3.8, 4) is 0 Å². The molecule has 0 aliphatic carbocycles. The van der Waals surface area contributed by atoms with Crippen molar-refractivity contribution in [2.45, 2.75) is 66.2 Å². The smallest absolute Gasteiger partial charge is 0.338 e. The van der Waals surface area contributed by atoms with E-state index in [4.69, 9.17) is 9.47 Å². The van der Waals surface area contributed by atoms with Crippen LogP contribution in [0, 0.1) is 0 Å². The molecule has 186 valence electrons. The summed E-state index contributed by atoms with van der Waals surface area (Å²) in [5, 5.41) is 0. The molecule has 0 aromatic heterocycles. The lowest BCUT2D eigenvalue weighted by Crippen LogP contribution is -2.21. The van der Waals surface area contributed by atoms with Crippen LogP contribution in [-0.2, 0) is 20.3 Å². The van der Waals surface area contributed by atoms with E-state index < -0.39 is 11.9 Å². The summed E-state index contributed by atoms with van der Waals surface area (Å²) in [5.74, 6) is -0.812. The first-order valence-electron chi connectivity index (χ1n) is 11.5. The number of esters is 2. The highest BCUT2D eigenvalue weighted by atomic mass is 16.6. The molecular weight excluding hydrogens is 424 g/mol. The molecule has 0 aliphatic rings. The van der Waals surface area contributed by atoms with Crippen LogP contribution in [0.3, 0.4) is 0 Å². The third-order valence-electron chi connectivity index (χ3n) is 4.46. The van der Waals surface area contributed by atoms with Crippen LogP contribution in [0.25, 0.3) is 0 Å². The second-order valence-corrected chi connectivity index (χ2v) is 9.68. The Kier molecular flexibility index (Phi) is 13.5. The van der Waals surface area contributed by atoms with Crippen molar-refractivity contribution in [1.82, 2.24) is 0 Å². The van der Waals surface area contributed by atoms with Crippen molar-refractivity contribution >= 4 is 11.9 Å². The summed E-state index contributed by atoms with van der Waals surface area (Å²) in [6, 6.07) is 14.8. The van der Waals surface area contributed by atoms with Gasteiger partial charge in [-0.1, -0.05) is 90.1 Å². The molecule has 2 aromatic carbocycles. The molecule has 0 amide bonds. The number of ether oxygens (including phenoxy) is 2. The quantitative estimate of drug-likeness (QED) is 0.258. The molecule has 4 heteroatoms. The molecule has 2 rings (SSSR count). The van der Waals surface area contributed by atoms with Gasteiger partial charge < -0.3 is 9.47 Å². The number of allylic oxidation sites excluding steroid dienone is 2. The SMILES string of the molecule is C=CC.C=CC.CC(C)(C)c1ccccc1C(=O)OCCOC(=O)c1ccccc1C(C)(C)C. The van der Waals surface area contributed by atoms with Crippen LogP contribution >= 0.6 is 0 Å². The van der Waals surface area contributed by atoms with Crippen LogP contribution in [0.15, 0.2) is 73.8 Å². The molecule has 0 saturated carbocycles. The molecule has 0 atom stereocenters. The van der Waals surface area contributed by atoms with Crippen LogP contribution in [0.4, 0.5) is 0 Å². The van der Waals surface area contributed by atoms with Gasteiger partial charge in [-0.3, -0.25) is 0 Å². The van der Waals surface area contributed by atoms with Gasteiger partial charge in [0.25, 0.3) is 0 Å². The maximum Gasteiger partial charge on any atom is 0.338 e. The summed E-state index contributed by atoms with van der Waals surface area (Å²) < 4.78 is 10.7. The Hall–Kier alpha value is -3.14. The average molecular weight is 467 g/mol. The average Bonchev–Trinajstić information content (AvgIpc) is 2.76. The third kappa shape index (κ3) is 10.7. The first kappa shape index (κ1) is 30.9. The molecule has 4 nitrogen and oxygen atoms in total. The largest absolute Gasteiger partial charge is 0.458 e. The summed E-state index contributed by atoms with van der Waals surface area (Å²) in [7, 11) is 0. The Morgan fingerprint density at radius 2 is 0.941 bits per heavy atom. The fourth-order valence-corrected chi connectivity index (χ4v) is 3.05. The topological polar surface area (TPSA) is 52.6 Å². The standard InChI is InChI=1S/C24H30O4.2C3H6/c1-23(2,3)19-13-9-7-11-17(19)21(25)27-15-16-28-22(26)18-12-8-10-14-20(18)24(4,5)6;2*1-3-2/h7-14H,15-16H2,1-6H3;2*3H,1H2,2H3. The van der Waals surface area contributed by atoms with E-state index in [9.17, 15) is 9.59 Å². The van der Waals surface area contributed by atoms with E-state index >= 15 is 0 Å². The zero-order valence-corrected chi connectivity index (χ0v) is 22.2. The lowest BCUT2D eigenvalue weighted by Gasteiger charge is -2.22. The zero-order valence-electron chi connectivity index (χ0n) is 22.2. The highest BCUT2D eigenvalue weighted by Gasteiger charge is 2.23. The van der Waals surface area contributed by atoms with Gasteiger partial charge in [-0.15, -0.1) is 13.2 Å². The fourth-order valence-electron chi connectivity index (χ4n) is 3.05. The number of benzene rings is 2. The summed E-state index contributed by atoms with van der Waals surface area (Å²) in [5.41, 5.74) is 2.60. The van der Waals surface area contributed by atoms with Crippen LogP contribution < -0.4 is 0 Å². The first-order valence-corrected chi connectivity index (χ1v) is 11.5. The summed E-state index contributed by atoms with van der Waals surface area (Å²) >= 11 is 0. The van der Waals surface area contributed by atoms with Crippen molar-refractivity contribution in [2.24, 2.45) is 0 Å². The maximum atomic E-state index is 12.4. The van der Waals surface area contributed by atoms with Crippen LogP contribution in [0.2, 0.25) is 0 Å². The first-order chi connectivity index (χ1) is 15.8. The minimum Gasteiger partial charge on any atom is -0.458 e. The minimum atomic E-state index is -0.406. The molecule has 0 bridgehead atoms. The Labute approximate surface area is 206 Å². The second-order valence-electron chi connectivity index (χ2n) is 9.68. The van der Waals surface area contributed by atoms with Crippen LogP contribution in [0.5, 0.6) is 0 Å². The van der Waals surface area contributed by atoms with E-state index in [1.165, 1.54) is 0 Å². The van der Waals surface area contributed by atoms with E-state index in [1.807, 2.05) is 91.8 Å². The van der Waals surface area contributed by atoms with E-state index in [-0.39, 0.29) is 24.0 Å². The molecule has 0 aliphatic heterocycles.